The summed E-state index contributed by atoms with van der Waals surface area (Å²) in [5, 5.41) is 0.528. The van der Waals surface area contributed by atoms with Gasteiger partial charge < -0.3 is 0 Å². The van der Waals surface area contributed by atoms with E-state index >= 15 is 0 Å². The number of halogens is 3. The van der Waals surface area contributed by atoms with Gasteiger partial charge in [0.1, 0.15) is 0 Å². The van der Waals surface area contributed by atoms with Gasteiger partial charge in [0.05, 0.1) is 21.0 Å². The number of benzene rings is 3. The zero-order valence-corrected chi connectivity index (χ0v) is 19.4. The van der Waals surface area contributed by atoms with Crippen molar-refractivity contribution in [2.24, 2.45) is 0 Å². The van der Waals surface area contributed by atoms with Gasteiger partial charge in [-0.05, 0) is 42.5 Å². The first kappa shape index (κ1) is 22.4. The van der Waals surface area contributed by atoms with E-state index in [0.29, 0.717) is 11.1 Å². The number of carbonyl (C=O) groups is 4. The summed E-state index contributed by atoms with van der Waals surface area (Å²) in [4.78, 5) is 51.7. The standard InChI is InChI=1S/C24H14BrCl2NO4/c25-19(12-28-23(31)15-5-1-2-6-16(15)24(28)32)22(30)14-10-9-13(26)11-18(14)21(29)17-7-3-4-8-20(17)27/h1-11,19H,12H2. The lowest BCUT2D eigenvalue weighted by molar-refractivity contribution is 0.0652. The zero-order chi connectivity index (χ0) is 23.0. The number of Topliss-reactive ketones (excluding diaryl/α,β-unsaturated/α-hetero) is 1. The molecule has 0 aliphatic carbocycles. The number of amides is 2. The number of hydrogen-bond donors (Lipinski definition) is 0. The van der Waals surface area contributed by atoms with Gasteiger partial charge in [0.2, 0.25) is 0 Å². The topological polar surface area (TPSA) is 71.5 Å². The van der Waals surface area contributed by atoms with Gasteiger partial charge in [0, 0.05) is 28.3 Å². The minimum absolute atomic E-state index is 0.0856. The molecule has 3 aromatic rings. The first-order valence-corrected chi connectivity index (χ1v) is 11.2. The number of alkyl halides is 1. The molecule has 0 bridgehead atoms. The maximum atomic E-state index is 13.2. The van der Waals surface area contributed by atoms with Crippen LogP contribution in [-0.4, -0.2) is 39.7 Å². The molecule has 5 nitrogen and oxygen atoms in total. The molecule has 1 atom stereocenters. The molecule has 0 saturated heterocycles. The number of rotatable bonds is 6. The largest absolute Gasteiger partial charge is 0.293 e. The molecule has 32 heavy (non-hydrogen) atoms. The maximum Gasteiger partial charge on any atom is 0.261 e. The van der Waals surface area contributed by atoms with Gasteiger partial charge in [-0.25, -0.2) is 0 Å². The fourth-order valence-electron chi connectivity index (χ4n) is 3.53. The van der Waals surface area contributed by atoms with Crippen molar-refractivity contribution in [2.45, 2.75) is 4.83 Å². The SMILES string of the molecule is O=C(c1ccccc1Cl)c1cc(Cl)ccc1C(=O)C(Br)CN1C(=O)c2ccccc2C1=O. The van der Waals surface area contributed by atoms with Gasteiger partial charge in [0.15, 0.2) is 11.6 Å². The highest BCUT2D eigenvalue weighted by Crippen LogP contribution is 2.28. The van der Waals surface area contributed by atoms with Crippen molar-refractivity contribution in [3.63, 3.8) is 0 Å². The smallest absolute Gasteiger partial charge is 0.261 e. The Hall–Kier alpha value is -2.80. The lowest BCUT2D eigenvalue weighted by atomic mass is 9.95. The molecule has 1 aliphatic rings. The van der Waals surface area contributed by atoms with Crippen LogP contribution in [0.2, 0.25) is 10.0 Å². The van der Waals surface area contributed by atoms with E-state index in [4.69, 9.17) is 23.2 Å². The van der Waals surface area contributed by atoms with Crippen LogP contribution in [0.25, 0.3) is 0 Å². The van der Waals surface area contributed by atoms with Crippen LogP contribution in [0.4, 0.5) is 0 Å². The van der Waals surface area contributed by atoms with Crippen LogP contribution in [-0.2, 0) is 0 Å². The molecule has 2 amide bonds. The van der Waals surface area contributed by atoms with Crippen LogP contribution in [0.15, 0.2) is 66.7 Å². The third-order valence-electron chi connectivity index (χ3n) is 5.12. The van der Waals surface area contributed by atoms with Gasteiger partial charge in [-0.1, -0.05) is 63.4 Å². The van der Waals surface area contributed by atoms with Crippen molar-refractivity contribution in [3.05, 3.63) is 105 Å². The van der Waals surface area contributed by atoms with Crippen molar-refractivity contribution in [1.82, 2.24) is 4.90 Å². The fraction of sp³-hybridized carbons (Fsp3) is 0.0833. The van der Waals surface area contributed by atoms with Crippen LogP contribution in [0.5, 0.6) is 0 Å². The van der Waals surface area contributed by atoms with Crippen molar-refractivity contribution >= 4 is 62.5 Å². The van der Waals surface area contributed by atoms with E-state index in [0.717, 1.165) is 4.90 Å². The number of carbonyl (C=O) groups excluding carboxylic acids is 4. The number of nitrogens with zero attached hydrogens (tertiary/aromatic N) is 1. The Balaban J connectivity index is 1.63. The second-order valence-corrected chi connectivity index (χ2v) is 9.05. The third-order valence-corrected chi connectivity index (χ3v) is 6.39. The summed E-state index contributed by atoms with van der Waals surface area (Å²) in [6, 6.07) is 17.3. The van der Waals surface area contributed by atoms with Gasteiger partial charge in [0.25, 0.3) is 11.8 Å². The number of hydrogen-bond acceptors (Lipinski definition) is 4. The molecule has 1 aliphatic heterocycles. The summed E-state index contributed by atoms with van der Waals surface area (Å²) in [5.41, 5.74) is 1.02. The van der Waals surface area contributed by atoms with Gasteiger partial charge in [-0.15, -0.1) is 0 Å². The van der Waals surface area contributed by atoms with Crippen molar-refractivity contribution in [1.29, 1.82) is 0 Å². The Labute approximate surface area is 202 Å². The molecule has 8 heteroatoms. The second kappa shape index (κ2) is 8.98. The lowest BCUT2D eigenvalue weighted by Gasteiger charge is -2.18. The molecule has 160 valence electrons. The average molecular weight is 531 g/mol. The van der Waals surface area contributed by atoms with E-state index in [1.807, 2.05) is 0 Å². The Kier molecular flexibility index (Phi) is 6.29. The summed E-state index contributed by atoms with van der Waals surface area (Å²) < 4.78 is 0. The second-order valence-electron chi connectivity index (χ2n) is 7.10. The maximum absolute atomic E-state index is 13.2. The Morgan fingerprint density at radius 1 is 0.812 bits per heavy atom. The Morgan fingerprint density at radius 3 is 2.03 bits per heavy atom. The number of fused-ring (bicyclic) bond motifs is 1. The molecule has 0 radical (unpaired) electrons. The molecule has 4 rings (SSSR count). The fourth-order valence-corrected chi connectivity index (χ4v) is 4.46. The number of imide groups is 1. The molecule has 1 unspecified atom stereocenters. The van der Waals surface area contributed by atoms with E-state index in [2.05, 4.69) is 15.9 Å². The highest BCUT2D eigenvalue weighted by Gasteiger charge is 2.37. The minimum Gasteiger partial charge on any atom is -0.293 e. The van der Waals surface area contributed by atoms with E-state index in [1.165, 1.54) is 18.2 Å². The average Bonchev–Trinajstić information content (AvgIpc) is 3.03. The van der Waals surface area contributed by atoms with Crippen molar-refractivity contribution < 1.29 is 19.2 Å². The summed E-state index contributed by atoms with van der Waals surface area (Å²) in [6.07, 6.45) is 0. The number of ketones is 2. The predicted molar refractivity (Wildman–Crippen MR) is 125 cm³/mol. The van der Waals surface area contributed by atoms with E-state index in [1.54, 1.807) is 48.5 Å². The quantitative estimate of drug-likeness (QED) is 0.241. The van der Waals surface area contributed by atoms with Crippen LogP contribution in [0.1, 0.15) is 47.0 Å². The van der Waals surface area contributed by atoms with E-state index < -0.39 is 28.2 Å². The first-order valence-electron chi connectivity index (χ1n) is 9.52. The molecular weight excluding hydrogens is 517 g/mol. The van der Waals surface area contributed by atoms with Gasteiger partial charge >= 0.3 is 0 Å². The zero-order valence-electron chi connectivity index (χ0n) is 16.3. The van der Waals surface area contributed by atoms with E-state index in [-0.39, 0.29) is 33.3 Å². The summed E-state index contributed by atoms with van der Waals surface area (Å²) in [6.45, 7) is -0.187. The summed E-state index contributed by atoms with van der Waals surface area (Å²) in [5.74, 6) is -1.85. The van der Waals surface area contributed by atoms with Crippen LogP contribution in [0, 0.1) is 0 Å². The van der Waals surface area contributed by atoms with Crippen LogP contribution >= 0.6 is 39.1 Å². The van der Waals surface area contributed by atoms with Crippen molar-refractivity contribution in [2.75, 3.05) is 6.54 Å². The molecule has 0 spiro atoms. The lowest BCUT2D eigenvalue weighted by Crippen LogP contribution is -2.38. The summed E-state index contributed by atoms with van der Waals surface area (Å²) >= 11 is 15.6. The highest BCUT2D eigenvalue weighted by molar-refractivity contribution is 9.10. The molecule has 0 aromatic heterocycles. The van der Waals surface area contributed by atoms with Crippen molar-refractivity contribution in [3.8, 4) is 0 Å². The van der Waals surface area contributed by atoms with Gasteiger partial charge in [-0.2, -0.15) is 0 Å². The Morgan fingerprint density at radius 2 is 1.41 bits per heavy atom. The van der Waals surface area contributed by atoms with Gasteiger partial charge in [-0.3, -0.25) is 24.1 Å². The molecule has 0 fully saturated rings. The highest BCUT2D eigenvalue weighted by atomic mass is 79.9. The third kappa shape index (κ3) is 4.01. The van der Waals surface area contributed by atoms with Crippen LogP contribution in [0.3, 0.4) is 0 Å². The molecule has 1 heterocycles. The predicted octanol–water partition coefficient (Wildman–Crippen LogP) is 5.47. The first-order chi connectivity index (χ1) is 15.3. The minimum atomic E-state index is -0.927. The molecule has 0 saturated carbocycles. The monoisotopic (exact) mass is 529 g/mol. The Bertz CT molecular complexity index is 1260. The summed E-state index contributed by atoms with van der Waals surface area (Å²) in [7, 11) is 0. The molecular formula is C24H14BrCl2NO4. The normalized spacial score (nSPS) is 13.8. The van der Waals surface area contributed by atoms with Crippen LogP contribution < -0.4 is 0 Å². The molecule has 0 N–H and O–H groups in total. The van der Waals surface area contributed by atoms with E-state index in [9.17, 15) is 19.2 Å². The molecule has 3 aromatic carbocycles.